The number of piperidine rings is 1. The molecule has 0 aliphatic carbocycles. The van der Waals surface area contributed by atoms with Gasteiger partial charge in [0.2, 0.25) is 5.91 Å². The lowest BCUT2D eigenvalue weighted by molar-refractivity contribution is -0.122. The molecule has 1 saturated heterocycles. The van der Waals surface area contributed by atoms with Crippen LogP contribution in [0.25, 0.3) is 0 Å². The summed E-state index contributed by atoms with van der Waals surface area (Å²) in [6, 6.07) is 3.99. The van der Waals surface area contributed by atoms with Crippen molar-refractivity contribution in [2.45, 2.75) is 53.2 Å². The van der Waals surface area contributed by atoms with Gasteiger partial charge in [-0.15, -0.1) is 24.0 Å². The summed E-state index contributed by atoms with van der Waals surface area (Å²) in [5.74, 6) is 1.45. The van der Waals surface area contributed by atoms with Crippen LogP contribution < -0.4 is 21.3 Å². The lowest BCUT2D eigenvalue weighted by atomic mass is 9.89. The minimum atomic E-state index is -0.202. The Morgan fingerprint density at radius 1 is 1.35 bits per heavy atom. The average Bonchev–Trinajstić information content (AvgIpc) is 2.71. The molecular weight excluding hydrogens is 507 g/mol. The highest BCUT2D eigenvalue weighted by Crippen LogP contribution is 2.25. The number of pyridine rings is 1. The molecule has 31 heavy (non-hydrogen) atoms. The molecule has 0 spiro atoms. The third-order valence-electron chi connectivity index (χ3n) is 5.52. The number of guanidine groups is 1. The number of nitrogens with two attached hydrogens (primary N) is 1. The molecular formula is C22H39IN6O2. The van der Waals surface area contributed by atoms with E-state index in [9.17, 15) is 4.79 Å². The average molecular weight is 546 g/mol. The Balaban J connectivity index is 0.00000480. The molecule has 4 N–H and O–H groups in total. The van der Waals surface area contributed by atoms with Gasteiger partial charge in [-0.25, -0.2) is 9.98 Å². The number of nitrogens with zero attached hydrogens (tertiary/aromatic N) is 3. The van der Waals surface area contributed by atoms with Crippen molar-refractivity contribution in [1.29, 1.82) is 0 Å². The standard InChI is InChI=1S/C22H38N6O2.HI/c1-6-24-21(27-15-18(30-5)22(2,3)4)26-14-17-8-7-11-25-20(17)28-12-9-16(10-13-28)19(23)29;/h7-8,11,16,18H,6,9-10,12-15H2,1-5H3,(H2,23,29)(H2,24,26,27);1H. The predicted molar refractivity (Wildman–Crippen MR) is 137 cm³/mol. The van der Waals surface area contributed by atoms with Gasteiger partial charge in [-0.05, 0) is 31.2 Å². The Bertz CT molecular complexity index is 714. The van der Waals surface area contributed by atoms with Crippen molar-refractivity contribution in [1.82, 2.24) is 15.6 Å². The number of aliphatic imine (C=N–C) groups is 1. The van der Waals surface area contributed by atoms with Gasteiger partial charge in [-0.1, -0.05) is 26.8 Å². The van der Waals surface area contributed by atoms with Crippen molar-refractivity contribution in [3.8, 4) is 0 Å². The van der Waals surface area contributed by atoms with E-state index >= 15 is 0 Å². The number of halogens is 1. The summed E-state index contributed by atoms with van der Waals surface area (Å²) in [6.45, 7) is 12.1. The second-order valence-electron chi connectivity index (χ2n) is 8.82. The number of hydrogen-bond acceptors (Lipinski definition) is 5. The van der Waals surface area contributed by atoms with E-state index in [1.165, 1.54) is 0 Å². The summed E-state index contributed by atoms with van der Waals surface area (Å²) in [6.07, 6.45) is 3.41. The van der Waals surface area contributed by atoms with Gasteiger partial charge in [0.25, 0.3) is 0 Å². The largest absolute Gasteiger partial charge is 0.379 e. The van der Waals surface area contributed by atoms with Gasteiger partial charge in [-0.3, -0.25) is 4.79 Å². The molecule has 0 radical (unpaired) electrons. The molecule has 0 aromatic carbocycles. The van der Waals surface area contributed by atoms with Gasteiger partial charge in [0.1, 0.15) is 5.82 Å². The fraction of sp³-hybridized carbons (Fsp3) is 0.682. The Hall–Kier alpha value is -1.62. The van der Waals surface area contributed by atoms with Gasteiger partial charge < -0.3 is 26.0 Å². The second-order valence-corrected chi connectivity index (χ2v) is 8.82. The zero-order valence-electron chi connectivity index (χ0n) is 19.5. The van der Waals surface area contributed by atoms with Crippen LogP contribution in [0.3, 0.4) is 0 Å². The number of hydrogen-bond donors (Lipinski definition) is 3. The normalized spacial score (nSPS) is 16.4. The first kappa shape index (κ1) is 27.4. The van der Waals surface area contributed by atoms with Crippen LogP contribution in [0.2, 0.25) is 0 Å². The highest BCUT2D eigenvalue weighted by atomic mass is 127. The van der Waals surface area contributed by atoms with Crippen molar-refractivity contribution in [2.24, 2.45) is 22.1 Å². The van der Waals surface area contributed by atoms with Crippen LogP contribution in [0, 0.1) is 11.3 Å². The van der Waals surface area contributed by atoms with Crippen molar-refractivity contribution in [2.75, 3.05) is 38.2 Å². The number of carbonyl (C=O) groups is 1. The van der Waals surface area contributed by atoms with Crippen LogP contribution in [-0.2, 0) is 16.1 Å². The molecule has 8 nitrogen and oxygen atoms in total. The van der Waals surface area contributed by atoms with Crippen molar-refractivity contribution in [3.05, 3.63) is 23.9 Å². The number of amides is 1. The molecule has 1 aliphatic rings. The molecule has 1 atom stereocenters. The Kier molecular flexibility index (Phi) is 11.5. The quantitative estimate of drug-likeness (QED) is 0.263. The topological polar surface area (TPSA) is 105 Å². The van der Waals surface area contributed by atoms with E-state index in [0.717, 1.165) is 49.8 Å². The number of rotatable bonds is 8. The Morgan fingerprint density at radius 2 is 2.03 bits per heavy atom. The fourth-order valence-corrected chi connectivity index (χ4v) is 3.65. The van der Waals surface area contributed by atoms with Crippen molar-refractivity contribution < 1.29 is 9.53 Å². The van der Waals surface area contributed by atoms with Crippen LogP contribution in [0.5, 0.6) is 0 Å². The summed E-state index contributed by atoms with van der Waals surface area (Å²) in [5.41, 5.74) is 6.56. The van der Waals surface area contributed by atoms with E-state index in [1.807, 2.05) is 13.0 Å². The van der Waals surface area contributed by atoms with E-state index in [1.54, 1.807) is 13.3 Å². The molecule has 9 heteroatoms. The maximum atomic E-state index is 11.4. The summed E-state index contributed by atoms with van der Waals surface area (Å²) >= 11 is 0. The first-order valence-electron chi connectivity index (χ1n) is 10.8. The summed E-state index contributed by atoms with van der Waals surface area (Å²) < 4.78 is 5.64. The number of ether oxygens (including phenoxy) is 1. The highest BCUT2D eigenvalue weighted by Gasteiger charge is 2.26. The summed E-state index contributed by atoms with van der Waals surface area (Å²) in [5, 5.41) is 6.69. The van der Waals surface area contributed by atoms with E-state index in [2.05, 4.69) is 47.4 Å². The van der Waals surface area contributed by atoms with Crippen LogP contribution in [0.1, 0.15) is 46.1 Å². The Labute approximate surface area is 203 Å². The van der Waals surface area contributed by atoms with Gasteiger partial charge in [0, 0.05) is 51.0 Å². The molecule has 1 aromatic heterocycles. The third kappa shape index (κ3) is 8.44. The molecule has 0 bridgehead atoms. The van der Waals surface area contributed by atoms with Gasteiger partial charge in [-0.2, -0.15) is 0 Å². The first-order chi connectivity index (χ1) is 14.3. The molecule has 1 unspecified atom stereocenters. The minimum absolute atomic E-state index is 0. The van der Waals surface area contributed by atoms with Crippen molar-refractivity contribution in [3.63, 3.8) is 0 Å². The zero-order chi connectivity index (χ0) is 22.1. The zero-order valence-corrected chi connectivity index (χ0v) is 21.8. The number of methoxy groups -OCH3 is 1. The molecule has 2 heterocycles. The van der Waals surface area contributed by atoms with E-state index in [-0.39, 0.29) is 47.3 Å². The van der Waals surface area contributed by atoms with Gasteiger partial charge >= 0.3 is 0 Å². The van der Waals surface area contributed by atoms with Crippen LogP contribution >= 0.6 is 24.0 Å². The maximum Gasteiger partial charge on any atom is 0.220 e. The van der Waals surface area contributed by atoms with Gasteiger partial charge in [0.15, 0.2) is 5.96 Å². The fourth-order valence-electron chi connectivity index (χ4n) is 3.65. The number of aromatic nitrogens is 1. The highest BCUT2D eigenvalue weighted by molar-refractivity contribution is 14.0. The summed E-state index contributed by atoms with van der Waals surface area (Å²) in [7, 11) is 1.74. The predicted octanol–water partition coefficient (Wildman–Crippen LogP) is 2.52. The number of carbonyl (C=O) groups excluding carboxylic acids is 1. The molecule has 1 fully saturated rings. The number of primary amides is 1. The SMILES string of the molecule is CCNC(=NCc1cccnc1N1CCC(C(N)=O)CC1)NCC(OC)C(C)(C)C.I. The van der Waals surface area contributed by atoms with E-state index in [0.29, 0.717) is 13.1 Å². The monoisotopic (exact) mass is 546 g/mol. The van der Waals surface area contributed by atoms with Crippen LogP contribution in [0.15, 0.2) is 23.3 Å². The van der Waals surface area contributed by atoms with Crippen LogP contribution in [-0.4, -0.2) is 56.2 Å². The Morgan fingerprint density at radius 3 is 2.58 bits per heavy atom. The van der Waals surface area contributed by atoms with E-state index in [4.69, 9.17) is 15.5 Å². The third-order valence-corrected chi connectivity index (χ3v) is 5.52. The molecule has 2 rings (SSSR count). The lowest BCUT2D eigenvalue weighted by Gasteiger charge is -2.32. The molecule has 1 aliphatic heterocycles. The lowest BCUT2D eigenvalue weighted by Crippen LogP contribution is -2.45. The van der Waals surface area contributed by atoms with Crippen molar-refractivity contribution >= 4 is 41.7 Å². The van der Waals surface area contributed by atoms with Gasteiger partial charge in [0.05, 0.1) is 12.6 Å². The van der Waals surface area contributed by atoms with Crippen LogP contribution in [0.4, 0.5) is 5.82 Å². The molecule has 0 saturated carbocycles. The first-order valence-corrected chi connectivity index (χ1v) is 10.8. The molecule has 176 valence electrons. The smallest absolute Gasteiger partial charge is 0.220 e. The number of anilines is 1. The van der Waals surface area contributed by atoms with E-state index < -0.39 is 0 Å². The molecule has 1 aromatic rings. The molecule has 1 amide bonds. The maximum absolute atomic E-state index is 11.4. The minimum Gasteiger partial charge on any atom is -0.379 e. The number of nitrogens with one attached hydrogen (secondary N) is 2. The summed E-state index contributed by atoms with van der Waals surface area (Å²) in [4.78, 5) is 23.0. The second kappa shape index (κ2) is 13.0.